The smallest absolute Gasteiger partial charge is 0.258 e. The number of aromatic nitrogens is 1. The first-order chi connectivity index (χ1) is 16.0. The predicted molar refractivity (Wildman–Crippen MR) is 130 cm³/mol. The summed E-state index contributed by atoms with van der Waals surface area (Å²) in [6, 6.07) is 10.4. The molecule has 174 valence electrons. The van der Waals surface area contributed by atoms with Gasteiger partial charge in [-0.2, -0.15) is 0 Å². The number of fused-ring (bicyclic) bond motifs is 1. The molecule has 33 heavy (non-hydrogen) atoms. The van der Waals surface area contributed by atoms with E-state index in [2.05, 4.69) is 28.2 Å². The van der Waals surface area contributed by atoms with Gasteiger partial charge in [0.1, 0.15) is 11.6 Å². The minimum absolute atomic E-state index is 0.00988. The molecule has 0 radical (unpaired) electrons. The van der Waals surface area contributed by atoms with Crippen LogP contribution in [0.5, 0.6) is 5.75 Å². The van der Waals surface area contributed by atoms with Crippen molar-refractivity contribution >= 4 is 22.5 Å². The highest BCUT2D eigenvalue weighted by molar-refractivity contribution is 6.06. The third-order valence-corrected chi connectivity index (χ3v) is 6.22. The molecule has 2 heterocycles. The predicted octanol–water partition coefficient (Wildman–Crippen LogP) is 6.10. The van der Waals surface area contributed by atoms with E-state index in [-0.39, 0.29) is 5.56 Å². The molecule has 1 saturated heterocycles. The van der Waals surface area contributed by atoms with Gasteiger partial charge in [-0.15, -0.1) is 0 Å². The average molecular weight is 450 g/mol. The van der Waals surface area contributed by atoms with Crippen LogP contribution < -0.4 is 10.1 Å². The van der Waals surface area contributed by atoms with Gasteiger partial charge < -0.3 is 10.1 Å². The molecule has 6 heteroatoms. The maximum absolute atomic E-state index is 14.6. The van der Waals surface area contributed by atoms with Crippen molar-refractivity contribution in [3.05, 3.63) is 65.1 Å². The average Bonchev–Trinajstić information content (AvgIpc) is 3.32. The number of benzene rings is 2. The van der Waals surface area contributed by atoms with Gasteiger partial charge in [0.15, 0.2) is 0 Å². The van der Waals surface area contributed by atoms with Crippen molar-refractivity contribution in [2.75, 3.05) is 25.0 Å². The molecule has 3 aromatic rings. The molecular formula is C27H32FN3O2. The summed E-state index contributed by atoms with van der Waals surface area (Å²) in [6.07, 6.45) is 7.54. The first-order valence-corrected chi connectivity index (χ1v) is 11.9. The molecule has 0 aliphatic carbocycles. The van der Waals surface area contributed by atoms with Crippen LogP contribution in [0.2, 0.25) is 0 Å². The zero-order valence-electron chi connectivity index (χ0n) is 19.5. The molecule has 0 saturated carbocycles. The van der Waals surface area contributed by atoms with Gasteiger partial charge in [-0.25, -0.2) is 4.39 Å². The molecule has 2 aromatic carbocycles. The summed E-state index contributed by atoms with van der Waals surface area (Å²) in [5.41, 5.74) is 3.52. The number of ether oxygens (including phenoxy) is 1. The Morgan fingerprint density at radius 1 is 1.15 bits per heavy atom. The van der Waals surface area contributed by atoms with Gasteiger partial charge in [-0.3, -0.25) is 14.7 Å². The third-order valence-electron chi connectivity index (χ3n) is 6.22. The number of likely N-dealkylation sites (tertiary alicyclic amines) is 1. The number of carbonyl (C=O) groups excluding carboxylic acids is 1. The highest BCUT2D eigenvalue weighted by Gasteiger charge is 2.16. The molecule has 0 spiro atoms. The molecule has 5 nitrogen and oxygen atoms in total. The lowest BCUT2D eigenvalue weighted by molar-refractivity contribution is 0.102. The number of unbranched alkanes of at least 4 members (excludes halogenated alkanes) is 2. The van der Waals surface area contributed by atoms with Crippen LogP contribution in [0.15, 0.2) is 42.6 Å². The minimum Gasteiger partial charge on any atom is -0.493 e. The summed E-state index contributed by atoms with van der Waals surface area (Å²) >= 11 is 0. The second-order valence-corrected chi connectivity index (χ2v) is 8.79. The Bertz CT molecular complexity index is 1130. The lowest BCUT2D eigenvalue weighted by Crippen LogP contribution is -2.18. The topological polar surface area (TPSA) is 54.5 Å². The van der Waals surface area contributed by atoms with E-state index in [1.807, 2.05) is 25.3 Å². The van der Waals surface area contributed by atoms with Gasteiger partial charge in [0, 0.05) is 29.9 Å². The van der Waals surface area contributed by atoms with Crippen LogP contribution in [0.3, 0.4) is 0 Å². The summed E-state index contributed by atoms with van der Waals surface area (Å²) < 4.78 is 20.2. The van der Waals surface area contributed by atoms with Crippen molar-refractivity contribution in [3.63, 3.8) is 0 Å². The fourth-order valence-corrected chi connectivity index (χ4v) is 4.32. The summed E-state index contributed by atoms with van der Waals surface area (Å²) in [6.45, 7) is 7.79. The lowest BCUT2D eigenvalue weighted by atomic mass is 10.1. The van der Waals surface area contributed by atoms with E-state index in [0.717, 1.165) is 55.4 Å². The maximum Gasteiger partial charge on any atom is 0.258 e. The van der Waals surface area contributed by atoms with Gasteiger partial charge in [0.05, 0.1) is 17.7 Å². The summed E-state index contributed by atoms with van der Waals surface area (Å²) in [7, 11) is 0. The van der Waals surface area contributed by atoms with Gasteiger partial charge >= 0.3 is 0 Å². The number of aryl methyl sites for hydroxylation is 1. The molecule has 0 unspecified atom stereocenters. The first-order valence-electron chi connectivity index (χ1n) is 11.9. The monoisotopic (exact) mass is 449 g/mol. The normalized spacial score (nSPS) is 14.0. The SMILES string of the molecule is CCCCCOc1ccc(C(=O)Nc2ccc3cc(CN4CCCC4)cnc3c2C)c(F)c1. The van der Waals surface area contributed by atoms with Crippen molar-refractivity contribution in [1.82, 2.24) is 9.88 Å². The molecule has 4 rings (SSSR count). The van der Waals surface area contributed by atoms with E-state index >= 15 is 0 Å². The first kappa shape index (κ1) is 23.2. The molecule has 1 fully saturated rings. The number of nitrogens with one attached hydrogen (secondary N) is 1. The number of hydrogen-bond donors (Lipinski definition) is 1. The number of hydrogen-bond acceptors (Lipinski definition) is 4. The van der Waals surface area contributed by atoms with Crippen LogP contribution >= 0.6 is 0 Å². The second-order valence-electron chi connectivity index (χ2n) is 8.79. The second kappa shape index (κ2) is 10.8. The van der Waals surface area contributed by atoms with Gasteiger partial charge in [-0.1, -0.05) is 25.8 Å². The third kappa shape index (κ3) is 5.69. The number of nitrogens with zero attached hydrogens (tertiary/aromatic N) is 2. The van der Waals surface area contributed by atoms with Crippen molar-refractivity contribution in [1.29, 1.82) is 0 Å². The van der Waals surface area contributed by atoms with Crippen LogP contribution in [0.4, 0.5) is 10.1 Å². The van der Waals surface area contributed by atoms with E-state index in [4.69, 9.17) is 4.74 Å². The Kier molecular flexibility index (Phi) is 7.55. The highest BCUT2D eigenvalue weighted by atomic mass is 19.1. The van der Waals surface area contributed by atoms with Gasteiger partial charge in [-0.05, 0) is 74.7 Å². The van der Waals surface area contributed by atoms with Crippen molar-refractivity contribution in [3.8, 4) is 5.75 Å². The molecule has 0 bridgehead atoms. The molecular weight excluding hydrogens is 417 g/mol. The van der Waals surface area contributed by atoms with E-state index in [1.54, 1.807) is 6.07 Å². The largest absolute Gasteiger partial charge is 0.493 e. The summed E-state index contributed by atoms with van der Waals surface area (Å²) in [4.78, 5) is 19.9. The molecule has 1 aliphatic heterocycles. The Morgan fingerprint density at radius 2 is 1.97 bits per heavy atom. The number of amides is 1. The minimum atomic E-state index is -0.594. The molecule has 1 aromatic heterocycles. The van der Waals surface area contributed by atoms with Gasteiger partial charge in [0.2, 0.25) is 0 Å². The lowest BCUT2D eigenvalue weighted by Gasteiger charge is -2.16. The van der Waals surface area contributed by atoms with Crippen molar-refractivity contribution in [2.45, 2.75) is 52.5 Å². The number of rotatable bonds is 9. The number of anilines is 1. The molecule has 1 aliphatic rings. The van der Waals surface area contributed by atoms with E-state index in [1.165, 1.54) is 30.5 Å². The van der Waals surface area contributed by atoms with Crippen LogP contribution in [0, 0.1) is 12.7 Å². The number of pyridine rings is 1. The maximum atomic E-state index is 14.6. The molecule has 1 N–H and O–H groups in total. The standard InChI is InChI=1S/C27H32FN3O2/c1-3-4-7-14-33-22-9-10-23(24(28)16-22)27(32)30-25-11-8-21-15-20(17-29-26(21)19(25)2)18-31-12-5-6-13-31/h8-11,15-17H,3-7,12-14,18H2,1-2H3,(H,30,32). The van der Waals surface area contributed by atoms with Crippen LogP contribution in [-0.2, 0) is 6.54 Å². The number of carbonyl (C=O) groups is 1. The van der Waals surface area contributed by atoms with Crippen molar-refractivity contribution < 1.29 is 13.9 Å². The fourth-order valence-electron chi connectivity index (χ4n) is 4.32. The van der Waals surface area contributed by atoms with E-state index in [0.29, 0.717) is 18.0 Å². The Hall–Kier alpha value is -2.99. The molecule has 0 atom stereocenters. The molecule has 1 amide bonds. The highest BCUT2D eigenvalue weighted by Crippen LogP contribution is 2.26. The zero-order chi connectivity index (χ0) is 23.2. The number of halogens is 1. The van der Waals surface area contributed by atoms with E-state index in [9.17, 15) is 9.18 Å². The van der Waals surface area contributed by atoms with Crippen molar-refractivity contribution in [2.24, 2.45) is 0 Å². The quantitative estimate of drug-likeness (QED) is 0.401. The zero-order valence-corrected chi connectivity index (χ0v) is 19.5. The Labute approximate surface area is 195 Å². The van der Waals surface area contributed by atoms with Crippen LogP contribution in [-0.4, -0.2) is 35.5 Å². The van der Waals surface area contributed by atoms with Gasteiger partial charge in [0.25, 0.3) is 5.91 Å². The summed E-state index contributed by atoms with van der Waals surface area (Å²) in [5.74, 6) is -0.641. The Balaban J connectivity index is 1.45. The summed E-state index contributed by atoms with van der Waals surface area (Å²) in [5, 5.41) is 3.88. The van der Waals surface area contributed by atoms with E-state index < -0.39 is 11.7 Å². The fraction of sp³-hybridized carbons (Fsp3) is 0.407. The van der Waals surface area contributed by atoms with Crippen LogP contribution in [0.25, 0.3) is 10.9 Å². The Morgan fingerprint density at radius 3 is 2.73 bits per heavy atom. The van der Waals surface area contributed by atoms with Crippen LogP contribution in [0.1, 0.15) is 60.5 Å².